The van der Waals surface area contributed by atoms with Crippen LogP contribution >= 0.6 is 0 Å². The van der Waals surface area contributed by atoms with Gasteiger partial charge in [0.15, 0.2) is 12.2 Å². The zero-order valence-corrected chi connectivity index (χ0v) is 17.5. The van der Waals surface area contributed by atoms with Gasteiger partial charge in [-0.15, -0.1) is 0 Å². The first-order valence-corrected chi connectivity index (χ1v) is 9.50. The molecule has 1 heterocycles. The Kier molecular flexibility index (Phi) is 6.59. The van der Waals surface area contributed by atoms with Gasteiger partial charge in [0.05, 0.1) is 19.6 Å². The molecular weight excluding hydrogens is 404 g/mol. The van der Waals surface area contributed by atoms with Crippen LogP contribution in [0.2, 0.25) is 0 Å². The predicted molar refractivity (Wildman–Crippen MR) is 112 cm³/mol. The maximum atomic E-state index is 12.3. The number of ether oxygens (including phenoxy) is 4. The van der Waals surface area contributed by atoms with E-state index in [4.69, 9.17) is 18.6 Å². The molecule has 8 nitrogen and oxygen atoms in total. The first-order valence-electron chi connectivity index (χ1n) is 9.50. The third kappa shape index (κ3) is 4.85. The van der Waals surface area contributed by atoms with Crippen LogP contribution in [0.1, 0.15) is 13.8 Å². The minimum Gasteiger partial charge on any atom is -0.479 e. The summed E-state index contributed by atoms with van der Waals surface area (Å²) in [6.07, 6.45) is -1.87. The predicted octanol–water partition coefficient (Wildman–Crippen LogP) is 3.34. The number of carbonyl (C=O) groups is 2. The fourth-order valence-corrected chi connectivity index (χ4v) is 3.07. The Morgan fingerprint density at radius 1 is 0.871 bits per heavy atom. The lowest BCUT2D eigenvalue weighted by atomic mass is 10.0. The minimum absolute atomic E-state index is 0.174. The molecule has 2 aromatic carbocycles. The van der Waals surface area contributed by atoms with Crippen LogP contribution in [0.25, 0.3) is 22.1 Å². The quantitative estimate of drug-likeness (QED) is 0.419. The molecule has 2 atom stereocenters. The van der Waals surface area contributed by atoms with Crippen molar-refractivity contribution in [3.63, 3.8) is 0 Å². The summed E-state index contributed by atoms with van der Waals surface area (Å²) < 4.78 is 26.3. The fourth-order valence-electron chi connectivity index (χ4n) is 3.07. The number of benzene rings is 2. The molecule has 0 spiro atoms. The van der Waals surface area contributed by atoms with E-state index in [-0.39, 0.29) is 17.1 Å². The van der Waals surface area contributed by atoms with Gasteiger partial charge in [-0.05, 0) is 19.4 Å². The molecule has 31 heavy (non-hydrogen) atoms. The average molecular weight is 426 g/mol. The molecule has 0 N–H and O–H groups in total. The highest BCUT2D eigenvalue weighted by atomic mass is 16.6. The lowest BCUT2D eigenvalue weighted by molar-refractivity contribution is -0.148. The maximum absolute atomic E-state index is 12.3. The first-order chi connectivity index (χ1) is 14.8. The second-order valence-electron chi connectivity index (χ2n) is 6.71. The van der Waals surface area contributed by atoms with Gasteiger partial charge in [0.2, 0.25) is 0 Å². The van der Waals surface area contributed by atoms with Crippen molar-refractivity contribution in [2.24, 2.45) is 0 Å². The molecular formula is C23H22O8. The lowest BCUT2D eigenvalue weighted by Crippen LogP contribution is -2.26. The summed E-state index contributed by atoms with van der Waals surface area (Å²) in [6.45, 7) is 3.05. The molecule has 8 heteroatoms. The van der Waals surface area contributed by atoms with E-state index in [0.29, 0.717) is 10.9 Å². The van der Waals surface area contributed by atoms with Gasteiger partial charge in [0.25, 0.3) is 0 Å². The zero-order valence-electron chi connectivity index (χ0n) is 17.5. The Labute approximate surface area is 178 Å². The van der Waals surface area contributed by atoms with Crippen molar-refractivity contribution in [1.29, 1.82) is 0 Å². The zero-order chi connectivity index (χ0) is 22.5. The molecule has 1 aromatic heterocycles. The van der Waals surface area contributed by atoms with E-state index in [1.165, 1.54) is 46.3 Å². The summed E-state index contributed by atoms with van der Waals surface area (Å²) >= 11 is 0. The van der Waals surface area contributed by atoms with E-state index in [0.717, 1.165) is 5.56 Å². The number of fused-ring (bicyclic) bond motifs is 1. The summed E-state index contributed by atoms with van der Waals surface area (Å²) in [6, 6.07) is 13.6. The Bertz CT molecular complexity index is 1150. The molecule has 0 amide bonds. The Balaban J connectivity index is 2.21. The maximum Gasteiger partial charge on any atom is 0.346 e. The van der Waals surface area contributed by atoms with Gasteiger partial charge >= 0.3 is 17.6 Å². The number of hydrogen-bond acceptors (Lipinski definition) is 8. The van der Waals surface area contributed by atoms with Crippen molar-refractivity contribution < 1.29 is 33.0 Å². The molecule has 0 aliphatic heterocycles. The van der Waals surface area contributed by atoms with Crippen molar-refractivity contribution >= 4 is 22.9 Å². The summed E-state index contributed by atoms with van der Waals surface area (Å²) in [4.78, 5) is 35.9. The van der Waals surface area contributed by atoms with Gasteiger partial charge in [0.1, 0.15) is 17.1 Å². The van der Waals surface area contributed by atoms with Crippen LogP contribution in [0.5, 0.6) is 11.5 Å². The molecule has 0 saturated heterocycles. The normalized spacial score (nSPS) is 12.6. The highest BCUT2D eigenvalue weighted by molar-refractivity contribution is 5.98. The van der Waals surface area contributed by atoms with E-state index in [2.05, 4.69) is 4.74 Å². The average Bonchev–Trinajstić information content (AvgIpc) is 2.77. The fraction of sp³-hybridized carbons (Fsp3) is 0.261. The van der Waals surface area contributed by atoms with Crippen LogP contribution in [0.15, 0.2) is 57.7 Å². The Morgan fingerprint density at radius 3 is 2.10 bits per heavy atom. The molecule has 3 aromatic rings. The number of esters is 2. The standard InChI is InChI=1S/C23H22O8/c1-13(22(25)27-3)29-16-10-18(30-14(2)23(26)28-4)21-17(15-8-6-5-7-9-15)12-20(24)31-19(21)11-16/h5-14H,1-4H3/t13-,14+/m0/s1. The van der Waals surface area contributed by atoms with Crippen molar-refractivity contribution in [3.05, 3.63) is 59.0 Å². The van der Waals surface area contributed by atoms with Crippen LogP contribution < -0.4 is 15.1 Å². The third-order valence-electron chi connectivity index (χ3n) is 4.55. The van der Waals surface area contributed by atoms with Crippen molar-refractivity contribution in [2.75, 3.05) is 14.2 Å². The lowest BCUT2D eigenvalue weighted by Gasteiger charge is -2.18. The SMILES string of the molecule is COC(=O)[C@H](C)Oc1cc(O[C@H](C)C(=O)OC)c2c(-c3ccccc3)cc(=O)oc2c1. The number of carbonyl (C=O) groups excluding carboxylic acids is 2. The highest BCUT2D eigenvalue weighted by Crippen LogP contribution is 2.38. The van der Waals surface area contributed by atoms with Gasteiger partial charge in [-0.2, -0.15) is 0 Å². The van der Waals surface area contributed by atoms with Gasteiger partial charge in [-0.3, -0.25) is 0 Å². The van der Waals surface area contributed by atoms with E-state index >= 15 is 0 Å². The van der Waals surface area contributed by atoms with Crippen molar-refractivity contribution in [1.82, 2.24) is 0 Å². The van der Waals surface area contributed by atoms with Crippen LogP contribution in [-0.4, -0.2) is 38.4 Å². The molecule has 0 aliphatic carbocycles. The number of hydrogen-bond donors (Lipinski definition) is 0. The summed E-state index contributed by atoms with van der Waals surface area (Å²) in [5.74, 6) is -0.734. The monoisotopic (exact) mass is 426 g/mol. The van der Waals surface area contributed by atoms with Crippen molar-refractivity contribution in [3.8, 4) is 22.6 Å². The summed E-state index contributed by atoms with van der Waals surface area (Å²) in [7, 11) is 2.51. The molecule has 0 radical (unpaired) electrons. The van der Waals surface area contributed by atoms with Crippen LogP contribution in [0.3, 0.4) is 0 Å². The Morgan fingerprint density at radius 2 is 1.48 bits per heavy atom. The molecule has 3 rings (SSSR count). The second kappa shape index (κ2) is 9.34. The van der Waals surface area contributed by atoms with Crippen molar-refractivity contribution in [2.45, 2.75) is 26.1 Å². The van der Waals surface area contributed by atoms with E-state index in [1.54, 1.807) is 0 Å². The first kappa shape index (κ1) is 21.9. The van der Waals surface area contributed by atoms with Gasteiger partial charge in [-0.25, -0.2) is 14.4 Å². The second-order valence-corrected chi connectivity index (χ2v) is 6.71. The highest BCUT2D eigenvalue weighted by Gasteiger charge is 2.22. The van der Waals surface area contributed by atoms with E-state index < -0.39 is 29.8 Å². The molecule has 162 valence electrons. The Hall–Kier alpha value is -3.81. The van der Waals surface area contributed by atoms with Gasteiger partial charge in [0, 0.05) is 23.8 Å². The van der Waals surface area contributed by atoms with Crippen LogP contribution in [-0.2, 0) is 19.1 Å². The summed E-state index contributed by atoms with van der Waals surface area (Å²) in [5, 5.41) is 0.472. The van der Waals surface area contributed by atoms with E-state index in [9.17, 15) is 14.4 Å². The van der Waals surface area contributed by atoms with Gasteiger partial charge < -0.3 is 23.4 Å². The molecule has 0 bridgehead atoms. The topological polar surface area (TPSA) is 101 Å². The largest absolute Gasteiger partial charge is 0.479 e. The number of rotatable bonds is 7. The molecule has 0 fully saturated rings. The van der Waals surface area contributed by atoms with Crippen LogP contribution in [0, 0.1) is 0 Å². The smallest absolute Gasteiger partial charge is 0.346 e. The molecule has 0 unspecified atom stereocenters. The number of methoxy groups -OCH3 is 2. The van der Waals surface area contributed by atoms with Crippen LogP contribution in [0.4, 0.5) is 0 Å². The minimum atomic E-state index is -0.947. The van der Waals surface area contributed by atoms with E-state index in [1.807, 2.05) is 30.3 Å². The molecule has 0 saturated carbocycles. The summed E-state index contributed by atoms with van der Waals surface area (Å²) in [5.41, 5.74) is 0.920. The molecule has 0 aliphatic rings. The van der Waals surface area contributed by atoms with Gasteiger partial charge in [-0.1, -0.05) is 30.3 Å². The third-order valence-corrected chi connectivity index (χ3v) is 4.55.